The molecule has 112 valence electrons. The van der Waals surface area contributed by atoms with Gasteiger partial charge in [-0.15, -0.1) is 0 Å². The summed E-state index contributed by atoms with van der Waals surface area (Å²) in [7, 11) is 4.29. The summed E-state index contributed by atoms with van der Waals surface area (Å²) in [6.45, 7) is 4.84. The number of benzene rings is 1. The predicted molar refractivity (Wildman–Crippen MR) is 75.0 cm³/mol. The third-order valence-corrected chi connectivity index (χ3v) is 3.08. The summed E-state index contributed by atoms with van der Waals surface area (Å²) >= 11 is 0. The fraction of sp³-hybridized carbons (Fsp3) is 0.500. The van der Waals surface area contributed by atoms with Gasteiger partial charge in [0.25, 0.3) is 5.91 Å². The van der Waals surface area contributed by atoms with Gasteiger partial charge in [-0.3, -0.25) is 4.79 Å². The van der Waals surface area contributed by atoms with E-state index in [-0.39, 0.29) is 28.7 Å². The Kier molecular flexibility index (Phi) is 5.49. The van der Waals surface area contributed by atoms with Crippen molar-refractivity contribution >= 4 is 5.91 Å². The molecule has 0 saturated carbocycles. The van der Waals surface area contributed by atoms with Crippen LogP contribution in [0.25, 0.3) is 0 Å². The van der Waals surface area contributed by atoms with Crippen LogP contribution >= 0.6 is 0 Å². The molecule has 0 bridgehead atoms. The lowest BCUT2D eigenvalue weighted by atomic mass is 10.1. The van der Waals surface area contributed by atoms with E-state index >= 15 is 0 Å². The van der Waals surface area contributed by atoms with Gasteiger partial charge in [-0.1, -0.05) is 0 Å². The van der Waals surface area contributed by atoms with Crippen LogP contribution in [0, 0.1) is 0 Å². The average molecular weight is 283 g/mol. The van der Waals surface area contributed by atoms with Crippen LogP contribution in [0.2, 0.25) is 0 Å². The van der Waals surface area contributed by atoms with Crippen molar-refractivity contribution in [3.05, 3.63) is 11.6 Å². The molecule has 1 aromatic carbocycles. The second-order valence-corrected chi connectivity index (χ2v) is 4.02. The summed E-state index contributed by atoms with van der Waals surface area (Å²) in [5.74, 6) is 0.136. The molecule has 1 aromatic rings. The van der Waals surface area contributed by atoms with Crippen molar-refractivity contribution in [2.24, 2.45) is 0 Å². The van der Waals surface area contributed by atoms with Gasteiger partial charge in [0.15, 0.2) is 11.5 Å². The summed E-state index contributed by atoms with van der Waals surface area (Å²) in [6, 6.07) is 1.46. The van der Waals surface area contributed by atoms with Gasteiger partial charge < -0.3 is 24.2 Å². The third-order valence-electron chi connectivity index (χ3n) is 3.08. The second kappa shape index (κ2) is 6.88. The number of phenolic OH excluding ortho intramolecular Hbond substituents is 1. The van der Waals surface area contributed by atoms with Crippen molar-refractivity contribution in [3.63, 3.8) is 0 Å². The Hall–Kier alpha value is -2.11. The number of ether oxygens (including phenoxy) is 3. The number of carbonyl (C=O) groups is 1. The predicted octanol–water partition coefficient (Wildman–Crippen LogP) is 1.90. The Balaban J connectivity index is 3.45. The molecule has 20 heavy (non-hydrogen) atoms. The molecular weight excluding hydrogens is 262 g/mol. The van der Waals surface area contributed by atoms with Crippen molar-refractivity contribution in [2.75, 3.05) is 34.4 Å². The van der Waals surface area contributed by atoms with E-state index in [1.54, 1.807) is 4.90 Å². The number of rotatable bonds is 6. The van der Waals surface area contributed by atoms with Crippen molar-refractivity contribution in [3.8, 4) is 23.0 Å². The Labute approximate surface area is 118 Å². The van der Waals surface area contributed by atoms with Gasteiger partial charge in [0, 0.05) is 19.2 Å². The Morgan fingerprint density at radius 2 is 1.65 bits per heavy atom. The zero-order valence-electron chi connectivity index (χ0n) is 12.5. The topological polar surface area (TPSA) is 68.2 Å². The van der Waals surface area contributed by atoms with Crippen LogP contribution in [0.1, 0.15) is 24.2 Å². The molecule has 0 fully saturated rings. The molecule has 0 aliphatic carbocycles. The van der Waals surface area contributed by atoms with Crippen LogP contribution < -0.4 is 14.2 Å². The SMILES string of the molecule is CCN(CC)C(=O)c1cc(OC)c(OC)c(OC)c1O. The van der Waals surface area contributed by atoms with Gasteiger partial charge in [0.1, 0.15) is 0 Å². The Bertz CT molecular complexity index is 483. The van der Waals surface area contributed by atoms with Gasteiger partial charge >= 0.3 is 0 Å². The molecule has 1 N–H and O–H groups in total. The number of hydrogen-bond donors (Lipinski definition) is 1. The zero-order valence-corrected chi connectivity index (χ0v) is 12.5. The number of amides is 1. The summed E-state index contributed by atoms with van der Waals surface area (Å²) in [6.07, 6.45) is 0. The first-order valence-corrected chi connectivity index (χ1v) is 6.36. The number of nitrogens with zero attached hydrogens (tertiary/aromatic N) is 1. The minimum absolute atomic E-state index is 0.0855. The minimum Gasteiger partial charge on any atom is -0.504 e. The molecule has 6 nitrogen and oxygen atoms in total. The summed E-state index contributed by atoms with van der Waals surface area (Å²) in [5, 5.41) is 10.2. The summed E-state index contributed by atoms with van der Waals surface area (Å²) in [5.41, 5.74) is 0.128. The maximum Gasteiger partial charge on any atom is 0.257 e. The van der Waals surface area contributed by atoms with E-state index in [9.17, 15) is 9.90 Å². The molecule has 0 unspecified atom stereocenters. The molecule has 1 amide bonds. The van der Waals surface area contributed by atoms with Crippen LogP contribution in [0.4, 0.5) is 0 Å². The van der Waals surface area contributed by atoms with E-state index in [2.05, 4.69) is 0 Å². The monoisotopic (exact) mass is 283 g/mol. The van der Waals surface area contributed by atoms with Gasteiger partial charge in [0.05, 0.1) is 26.9 Å². The van der Waals surface area contributed by atoms with Crippen LogP contribution in [-0.4, -0.2) is 50.3 Å². The molecular formula is C14H21NO5. The molecule has 0 aliphatic rings. The van der Waals surface area contributed by atoms with E-state index in [1.807, 2.05) is 13.8 Å². The average Bonchev–Trinajstić information content (AvgIpc) is 2.47. The number of aromatic hydroxyl groups is 1. The van der Waals surface area contributed by atoms with E-state index in [4.69, 9.17) is 14.2 Å². The van der Waals surface area contributed by atoms with Crippen LogP contribution in [0.15, 0.2) is 6.07 Å². The highest BCUT2D eigenvalue weighted by Crippen LogP contribution is 2.46. The first kappa shape index (κ1) is 15.9. The highest BCUT2D eigenvalue weighted by atomic mass is 16.5. The highest BCUT2D eigenvalue weighted by Gasteiger charge is 2.25. The van der Waals surface area contributed by atoms with Crippen molar-refractivity contribution in [1.29, 1.82) is 0 Å². The summed E-state index contributed by atoms with van der Waals surface area (Å²) < 4.78 is 15.5. The lowest BCUT2D eigenvalue weighted by Gasteiger charge is -2.21. The molecule has 1 rings (SSSR count). The minimum atomic E-state index is -0.285. The van der Waals surface area contributed by atoms with Gasteiger partial charge in [-0.25, -0.2) is 0 Å². The van der Waals surface area contributed by atoms with Crippen LogP contribution in [0.5, 0.6) is 23.0 Å². The molecule has 0 heterocycles. The fourth-order valence-electron chi connectivity index (χ4n) is 1.99. The van der Waals surface area contributed by atoms with Crippen molar-refractivity contribution in [2.45, 2.75) is 13.8 Å². The van der Waals surface area contributed by atoms with Crippen LogP contribution in [0.3, 0.4) is 0 Å². The second-order valence-electron chi connectivity index (χ2n) is 4.02. The smallest absolute Gasteiger partial charge is 0.257 e. The van der Waals surface area contributed by atoms with Crippen molar-refractivity contribution in [1.82, 2.24) is 4.90 Å². The number of carbonyl (C=O) groups excluding carboxylic acids is 1. The fourth-order valence-corrected chi connectivity index (χ4v) is 1.99. The molecule has 6 heteroatoms. The largest absolute Gasteiger partial charge is 0.504 e. The molecule has 0 spiro atoms. The zero-order chi connectivity index (χ0) is 15.3. The van der Waals surface area contributed by atoms with E-state index in [0.29, 0.717) is 18.8 Å². The Morgan fingerprint density at radius 3 is 2.05 bits per heavy atom. The van der Waals surface area contributed by atoms with Gasteiger partial charge in [-0.2, -0.15) is 0 Å². The Morgan fingerprint density at radius 1 is 1.10 bits per heavy atom. The third kappa shape index (κ3) is 2.74. The molecule has 0 aliphatic heterocycles. The maximum atomic E-state index is 12.4. The highest BCUT2D eigenvalue weighted by molar-refractivity contribution is 5.99. The lowest BCUT2D eigenvalue weighted by Crippen LogP contribution is -2.30. The lowest BCUT2D eigenvalue weighted by molar-refractivity contribution is 0.0768. The van der Waals surface area contributed by atoms with E-state index in [1.165, 1.54) is 27.4 Å². The number of phenols is 1. The number of hydrogen-bond acceptors (Lipinski definition) is 5. The van der Waals surface area contributed by atoms with E-state index < -0.39 is 0 Å². The normalized spacial score (nSPS) is 10.1. The maximum absolute atomic E-state index is 12.4. The van der Waals surface area contributed by atoms with E-state index in [0.717, 1.165) is 0 Å². The molecule has 0 saturated heterocycles. The molecule has 0 atom stereocenters. The first-order chi connectivity index (χ1) is 9.55. The quantitative estimate of drug-likeness (QED) is 0.863. The van der Waals surface area contributed by atoms with Gasteiger partial charge in [0.2, 0.25) is 11.5 Å². The summed E-state index contributed by atoms with van der Waals surface area (Å²) in [4.78, 5) is 14.0. The molecule has 0 aromatic heterocycles. The number of methoxy groups -OCH3 is 3. The van der Waals surface area contributed by atoms with Gasteiger partial charge in [-0.05, 0) is 13.8 Å². The standard InChI is InChI=1S/C14H21NO5/c1-6-15(7-2)14(17)9-8-10(18-3)12(19-4)13(20-5)11(9)16/h8,16H,6-7H2,1-5H3. The van der Waals surface area contributed by atoms with Crippen molar-refractivity contribution < 1.29 is 24.1 Å². The van der Waals surface area contributed by atoms with Crippen LogP contribution in [-0.2, 0) is 0 Å². The molecule has 0 radical (unpaired) electrons. The first-order valence-electron chi connectivity index (χ1n) is 6.36.